The molecule has 28 heavy (non-hydrogen) atoms. The van der Waals surface area contributed by atoms with E-state index in [2.05, 4.69) is 29.3 Å². The van der Waals surface area contributed by atoms with E-state index >= 15 is 0 Å². The van der Waals surface area contributed by atoms with Gasteiger partial charge in [-0.2, -0.15) is 0 Å². The predicted octanol–water partition coefficient (Wildman–Crippen LogP) is 3.94. The maximum atomic E-state index is 6.29. The van der Waals surface area contributed by atoms with Gasteiger partial charge < -0.3 is 19.7 Å². The zero-order valence-corrected chi connectivity index (χ0v) is 20.0. The number of nitrogens with one attached hydrogen (secondary N) is 1. The Bertz CT molecular complexity index is 638. The van der Waals surface area contributed by atoms with Gasteiger partial charge in [0, 0.05) is 56.3 Å². The van der Waals surface area contributed by atoms with Crippen LogP contribution in [-0.4, -0.2) is 64.0 Å². The van der Waals surface area contributed by atoms with Crippen LogP contribution in [0.5, 0.6) is 0 Å². The van der Waals surface area contributed by atoms with E-state index in [4.69, 9.17) is 26.1 Å². The maximum Gasteiger partial charge on any atom is 0.193 e. The largest absolute Gasteiger partial charge is 0.384 e. The van der Waals surface area contributed by atoms with Gasteiger partial charge in [0.15, 0.2) is 5.96 Å². The van der Waals surface area contributed by atoms with Crippen LogP contribution >= 0.6 is 35.6 Å². The Labute approximate surface area is 191 Å². The zero-order chi connectivity index (χ0) is 19.1. The molecule has 2 saturated heterocycles. The summed E-state index contributed by atoms with van der Waals surface area (Å²) in [5.74, 6) is 1.60. The highest BCUT2D eigenvalue weighted by molar-refractivity contribution is 14.0. The summed E-state index contributed by atoms with van der Waals surface area (Å²) in [7, 11) is 1.78. The van der Waals surface area contributed by atoms with Crippen LogP contribution in [0.15, 0.2) is 29.3 Å². The second-order valence-electron chi connectivity index (χ2n) is 7.63. The van der Waals surface area contributed by atoms with E-state index in [0.717, 1.165) is 76.2 Å². The highest BCUT2D eigenvalue weighted by Crippen LogP contribution is 2.36. The van der Waals surface area contributed by atoms with Crippen LogP contribution in [0.3, 0.4) is 0 Å². The number of likely N-dealkylation sites (tertiary alicyclic amines) is 1. The van der Waals surface area contributed by atoms with Crippen molar-refractivity contribution in [1.82, 2.24) is 10.2 Å². The van der Waals surface area contributed by atoms with E-state index in [1.54, 1.807) is 7.11 Å². The lowest BCUT2D eigenvalue weighted by Gasteiger charge is -2.37. The van der Waals surface area contributed by atoms with E-state index in [-0.39, 0.29) is 29.4 Å². The molecule has 158 valence electrons. The van der Waals surface area contributed by atoms with Gasteiger partial charge in [-0.3, -0.25) is 4.99 Å². The quantitative estimate of drug-likeness (QED) is 0.350. The molecule has 2 heterocycles. The molecule has 0 aliphatic carbocycles. The predicted molar refractivity (Wildman–Crippen MR) is 126 cm³/mol. The molecular weight excluding hydrogens is 489 g/mol. The molecule has 1 aromatic carbocycles. The molecule has 0 saturated carbocycles. The molecular formula is C21H33ClIN3O2. The van der Waals surface area contributed by atoms with Gasteiger partial charge in [-0.05, 0) is 43.9 Å². The van der Waals surface area contributed by atoms with E-state index in [0.29, 0.717) is 5.92 Å². The minimum atomic E-state index is -0.00449. The van der Waals surface area contributed by atoms with Crippen LogP contribution in [0.2, 0.25) is 5.02 Å². The number of guanidine groups is 1. The molecule has 0 amide bonds. The van der Waals surface area contributed by atoms with E-state index in [9.17, 15) is 0 Å². The van der Waals surface area contributed by atoms with Gasteiger partial charge in [-0.15, -0.1) is 24.0 Å². The van der Waals surface area contributed by atoms with Crippen molar-refractivity contribution in [2.45, 2.75) is 31.6 Å². The second kappa shape index (κ2) is 11.6. The molecule has 1 N–H and O–H groups in total. The minimum Gasteiger partial charge on any atom is -0.384 e. The first kappa shape index (κ1) is 23.7. The summed E-state index contributed by atoms with van der Waals surface area (Å²) in [5.41, 5.74) is 1.27. The lowest BCUT2D eigenvalue weighted by atomic mass is 9.74. The Kier molecular flexibility index (Phi) is 9.80. The number of aliphatic imine (C=N–C) groups is 1. The van der Waals surface area contributed by atoms with Crippen LogP contribution in [0, 0.1) is 5.92 Å². The maximum absolute atomic E-state index is 6.29. The molecule has 0 bridgehead atoms. The van der Waals surface area contributed by atoms with E-state index < -0.39 is 0 Å². The third-order valence-corrected chi connectivity index (χ3v) is 5.98. The number of nitrogens with zero attached hydrogens (tertiary/aromatic N) is 2. The topological polar surface area (TPSA) is 46.1 Å². The van der Waals surface area contributed by atoms with Crippen LogP contribution in [0.4, 0.5) is 0 Å². The Morgan fingerprint density at radius 3 is 2.86 bits per heavy atom. The van der Waals surface area contributed by atoms with Crippen molar-refractivity contribution in [1.29, 1.82) is 0 Å². The van der Waals surface area contributed by atoms with Gasteiger partial charge in [0.25, 0.3) is 0 Å². The lowest BCUT2D eigenvalue weighted by molar-refractivity contribution is 0.0530. The molecule has 5 nitrogen and oxygen atoms in total. The molecule has 1 aromatic rings. The van der Waals surface area contributed by atoms with Crippen LogP contribution in [0.25, 0.3) is 0 Å². The van der Waals surface area contributed by atoms with Gasteiger partial charge >= 0.3 is 0 Å². The Morgan fingerprint density at radius 1 is 1.39 bits per heavy atom. The van der Waals surface area contributed by atoms with Crippen LogP contribution in [0.1, 0.15) is 31.7 Å². The third-order valence-electron chi connectivity index (χ3n) is 5.74. The van der Waals surface area contributed by atoms with Gasteiger partial charge in [0.1, 0.15) is 0 Å². The summed E-state index contributed by atoms with van der Waals surface area (Å²) >= 11 is 6.29. The van der Waals surface area contributed by atoms with Gasteiger partial charge in [0.2, 0.25) is 0 Å². The van der Waals surface area contributed by atoms with Crippen molar-refractivity contribution in [2.24, 2.45) is 10.9 Å². The fourth-order valence-electron chi connectivity index (χ4n) is 4.17. The molecule has 7 heteroatoms. The second-order valence-corrected chi connectivity index (χ2v) is 8.07. The molecule has 0 aromatic heterocycles. The van der Waals surface area contributed by atoms with E-state index in [1.807, 2.05) is 12.1 Å². The van der Waals surface area contributed by atoms with E-state index in [1.165, 1.54) is 5.56 Å². The van der Waals surface area contributed by atoms with Crippen molar-refractivity contribution in [3.05, 3.63) is 34.9 Å². The number of benzene rings is 1. The SMILES string of the molecule is CCNC(=NCC1(c2cccc(Cl)c2)CCOCC1)N1CCC(COC)C1.I. The third kappa shape index (κ3) is 5.97. The summed E-state index contributed by atoms with van der Waals surface area (Å²) in [5, 5.41) is 4.27. The average molecular weight is 522 g/mol. The monoisotopic (exact) mass is 521 g/mol. The molecule has 2 aliphatic rings. The summed E-state index contributed by atoms with van der Waals surface area (Å²) in [4.78, 5) is 7.46. The standard InChI is InChI=1S/C21H32ClN3O2.HI/c1-3-23-20(25-10-7-17(14-25)15-26-2)24-16-21(8-11-27-12-9-21)18-5-4-6-19(22)13-18;/h4-6,13,17H,3,7-12,14-16H2,1-2H3,(H,23,24);1H. The van der Waals surface area contributed by atoms with Crippen LogP contribution < -0.4 is 5.32 Å². The van der Waals surface area contributed by atoms with Crippen molar-refractivity contribution >= 4 is 41.5 Å². The number of hydrogen-bond donors (Lipinski definition) is 1. The highest BCUT2D eigenvalue weighted by Gasteiger charge is 2.35. The van der Waals surface area contributed by atoms with Crippen molar-refractivity contribution in [3.8, 4) is 0 Å². The molecule has 0 spiro atoms. The number of hydrogen-bond acceptors (Lipinski definition) is 3. The highest BCUT2D eigenvalue weighted by atomic mass is 127. The van der Waals surface area contributed by atoms with Gasteiger partial charge in [0.05, 0.1) is 13.2 Å². The average Bonchev–Trinajstić information content (AvgIpc) is 3.15. The fourth-order valence-corrected chi connectivity index (χ4v) is 4.36. The zero-order valence-electron chi connectivity index (χ0n) is 17.0. The molecule has 2 aliphatic heterocycles. The Hall–Kier alpha value is -0.570. The van der Waals surface area contributed by atoms with Gasteiger partial charge in [-0.1, -0.05) is 23.7 Å². The van der Waals surface area contributed by atoms with Crippen molar-refractivity contribution in [2.75, 3.05) is 53.1 Å². The normalized spacial score (nSPS) is 22.0. The minimum absolute atomic E-state index is 0. The van der Waals surface area contributed by atoms with Crippen molar-refractivity contribution in [3.63, 3.8) is 0 Å². The summed E-state index contributed by atoms with van der Waals surface area (Å²) in [6.45, 7) is 8.16. The lowest BCUT2D eigenvalue weighted by Crippen LogP contribution is -2.43. The van der Waals surface area contributed by atoms with Gasteiger partial charge in [-0.25, -0.2) is 0 Å². The smallest absolute Gasteiger partial charge is 0.193 e. The molecule has 1 unspecified atom stereocenters. The number of ether oxygens (including phenoxy) is 2. The number of rotatable bonds is 6. The molecule has 0 radical (unpaired) electrons. The first-order valence-electron chi connectivity index (χ1n) is 10.0. The number of halogens is 2. The first-order valence-corrected chi connectivity index (χ1v) is 10.4. The molecule has 1 atom stereocenters. The summed E-state index contributed by atoms with van der Waals surface area (Å²) in [6.07, 6.45) is 3.11. The van der Waals surface area contributed by atoms with Crippen LogP contribution in [-0.2, 0) is 14.9 Å². The molecule has 2 fully saturated rings. The Balaban J connectivity index is 0.00000280. The first-order chi connectivity index (χ1) is 13.2. The number of methoxy groups -OCH3 is 1. The molecule has 3 rings (SSSR count). The van der Waals surface area contributed by atoms with Crippen molar-refractivity contribution < 1.29 is 9.47 Å². The summed E-state index contributed by atoms with van der Waals surface area (Å²) < 4.78 is 11.0. The summed E-state index contributed by atoms with van der Waals surface area (Å²) in [6, 6.07) is 8.26. The Morgan fingerprint density at radius 2 is 2.18 bits per heavy atom. The fraction of sp³-hybridized carbons (Fsp3) is 0.667.